The number of nitrogens with two attached hydrogens (primary N) is 1. The third-order valence-corrected chi connectivity index (χ3v) is 4.08. The van der Waals surface area contributed by atoms with Crippen LogP contribution in [0, 0.1) is 0 Å². The highest BCUT2D eigenvalue weighted by Gasteiger charge is 2.14. The lowest BCUT2D eigenvalue weighted by molar-refractivity contribution is 0.324. The van der Waals surface area contributed by atoms with Crippen LogP contribution in [0.3, 0.4) is 0 Å². The summed E-state index contributed by atoms with van der Waals surface area (Å²) in [6.45, 7) is 3.02. The average molecular weight is 360 g/mol. The van der Waals surface area contributed by atoms with E-state index >= 15 is 0 Å². The summed E-state index contributed by atoms with van der Waals surface area (Å²) < 4.78 is 16.1. The quantitative estimate of drug-likeness (QED) is 0.628. The fourth-order valence-corrected chi connectivity index (χ4v) is 2.67. The van der Waals surface area contributed by atoms with Crippen LogP contribution in [0.15, 0.2) is 18.3 Å². The molecule has 0 unspecified atom stereocenters. The molecule has 1 heterocycles. The van der Waals surface area contributed by atoms with Crippen LogP contribution in [-0.2, 0) is 6.42 Å². The van der Waals surface area contributed by atoms with Crippen molar-refractivity contribution in [3.05, 3.63) is 29.5 Å². The van der Waals surface area contributed by atoms with Crippen LogP contribution in [0.5, 0.6) is 17.2 Å². The summed E-state index contributed by atoms with van der Waals surface area (Å²) in [4.78, 5) is 8.72. The van der Waals surface area contributed by atoms with Crippen molar-refractivity contribution in [2.45, 2.75) is 32.6 Å². The van der Waals surface area contributed by atoms with Crippen molar-refractivity contribution in [1.82, 2.24) is 9.97 Å². The maximum absolute atomic E-state index is 6.12. The third-order valence-electron chi connectivity index (χ3n) is 4.08. The number of ether oxygens (including phenoxy) is 3. The molecule has 1 aromatic heterocycles. The fraction of sp³-hybridized carbons (Fsp3) is 0.474. The number of rotatable bonds is 10. The fourth-order valence-electron chi connectivity index (χ4n) is 2.67. The Hall–Kier alpha value is -2.70. The van der Waals surface area contributed by atoms with Crippen LogP contribution in [0.2, 0.25) is 0 Å². The van der Waals surface area contributed by atoms with Crippen molar-refractivity contribution in [2.75, 3.05) is 38.9 Å². The van der Waals surface area contributed by atoms with Gasteiger partial charge in [-0.05, 0) is 24.1 Å². The van der Waals surface area contributed by atoms with Crippen LogP contribution >= 0.6 is 0 Å². The van der Waals surface area contributed by atoms with Gasteiger partial charge in [0.25, 0.3) is 0 Å². The second-order valence-electron chi connectivity index (χ2n) is 5.95. The Labute approximate surface area is 154 Å². The van der Waals surface area contributed by atoms with E-state index in [0.29, 0.717) is 35.4 Å². The minimum atomic E-state index is 0.465. The molecule has 2 aromatic rings. The van der Waals surface area contributed by atoms with Crippen LogP contribution < -0.4 is 25.3 Å². The number of aromatic nitrogens is 2. The molecule has 0 aliphatic carbocycles. The smallest absolute Gasteiger partial charge is 0.224 e. The normalized spacial score (nSPS) is 10.5. The van der Waals surface area contributed by atoms with E-state index in [2.05, 4.69) is 22.2 Å². The molecular weight excluding hydrogens is 332 g/mol. The van der Waals surface area contributed by atoms with Gasteiger partial charge in [0.05, 0.1) is 21.3 Å². The highest BCUT2D eigenvalue weighted by Crippen LogP contribution is 2.38. The number of nitrogens with one attached hydrogen (secondary N) is 1. The summed E-state index contributed by atoms with van der Waals surface area (Å²) in [6, 6.07) is 3.80. The molecule has 0 atom stereocenters. The van der Waals surface area contributed by atoms with Crippen molar-refractivity contribution >= 4 is 11.8 Å². The second kappa shape index (κ2) is 9.70. The van der Waals surface area contributed by atoms with Gasteiger partial charge in [-0.2, -0.15) is 4.98 Å². The van der Waals surface area contributed by atoms with Gasteiger partial charge in [0, 0.05) is 24.7 Å². The molecule has 0 spiro atoms. The molecule has 142 valence electrons. The zero-order chi connectivity index (χ0) is 18.9. The molecule has 0 aliphatic heterocycles. The van der Waals surface area contributed by atoms with E-state index in [0.717, 1.165) is 24.1 Å². The number of benzene rings is 1. The Morgan fingerprint density at radius 1 is 1.04 bits per heavy atom. The van der Waals surface area contributed by atoms with E-state index < -0.39 is 0 Å². The molecule has 0 bridgehead atoms. The Kier molecular flexibility index (Phi) is 7.32. The standard InChI is InChI=1S/C19H28N4O3/c1-5-6-7-8-21-19-22-12-14(18(20)23-19)9-13-10-15(24-2)17(26-4)16(11-13)25-3/h10-12H,5-9H2,1-4H3,(H3,20,21,22,23). The minimum absolute atomic E-state index is 0.465. The lowest BCUT2D eigenvalue weighted by Gasteiger charge is -2.14. The Morgan fingerprint density at radius 3 is 2.27 bits per heavy atom. The van der Waals surface area contributed by atoms with Crippen molar-refractivity contribution in [1.29, 1.82) is 0 Å². The van der Waals surface area contributed by atoms with Gasteiger partial charge in [0.15, 0.2) is 11.5 Å². The SMILES string of the molecule is CCCCCNc1ncc(Cc2cc(OC)c(OC)c(OC)c2)c(N)n1. The first kappa shape index (κ1) is 19.6. The summed E-state index contributed by atoms with van der Waals surface area (Å²) >= 11 is 0. The number of unbranched alkanes of at least 4 members (excludes halogenated alkanes) is 2. The summed E-state index contributed by atoms with van der Waals surface area (Å²) in [7, 11) is 4.77. The van der Waals surface area contributed by atoms with Crippen molar-refractivity contribution in [3.8, 4) is 17.2 Å². The molecule has 2 rings (SSSR count). The molecule has 0 fully saturated rings. The van der Waals surface area contributed by atoms with E-state index in [-0.39, 0.29) is 0 Å². The van der Waals surface area contributed by atoms with Crippen molar-refractivity contribution in [2.24, 2.45) is 0 Å². The zero-order valence-electron chi connectivity index (χ0n) is 16.0. The van der Waals surface area contributed by atoms with Gasteiger partial charge in [-0.15, -0.1) is 0 Å². The molecule has 0 radical (unpaired) electrons. The van der Waals surface area contributed by atoms with Gasteiger partial charge in [-0.3, -0.25) is 0 Å². The summed E-state index contributed by atoms with van der Waals surface area (Å²) in [6.07, 6.45) is 5.78. The van der Waals surface area contributed by atoms with E-state index in [4.69, 9.17) is 19.9 Å². The lowest BCUT2D eigenvalue weighted by Crippen LogP contribution is -2.08. The minimum Gasteiger partial charge on any atom is -0.493 e. The predicted molar refractivity (Wildman–Crippen MR) is 103 cm³/mol. The molecule has 7 nitrogen and oxygen atoms in total. The van der Waals surface area contributed by atoms with E-state index in [9.17, 15) is 0 Å². The molecule has 0 aliphatic rings. The van der Waals surface area contributed by atoms with E-state index in [1.807, 2.05) is 12.1 Å². The van der Waals surface area contributed by atoms with Crippen molar-refractivity contribution < 1.29 is 14.2 Å². The Morgan fingerprint density at radius 2 is 1.73 bits per heavy atom. The van der Waals surface area contributed by atoms with Crippen molar-refractivity contribution in [3.63, 3.8) is 0 Å². The van der Waals surface area contributed by atoms with E-state index in [1.165, 1.54) is 12.8 Å². The van der Waals surface area contributed by atoms with Gasteiger partial charge in [-0.1, -0.05) is 19.8 Å². The monoisotopic (exact) mass is 360 g/mol. The first-order valence-electron chi connectivity index (χ1n) is 8.77. The molecule has 3 N–H and O–H groups in total. The molecule has 0 saturated heterocycles. The maximum atomic E-state index is 6.12. The van der Waals surface area contributed by atoms with Crippen LogP contribution in [-0.4, -0.2) is 37.8 Å². The Bertz CT molecular complexity index is 697. The lowest BCUT2D eigenvalue weighted by atomic mass is 10.1. The van der Waals surface area contributed by atoms with Gasteiger partial charge in [0.1, 0.15) is 5.82 Å². The second-order valence-corrected chi connectivity index (χ2v) is 5.95. The molecule has 1 aromatic carbocycles. The first-order chi connectivity index (χ1) is 12.6. The zero-order valence-corrected chi connectivity index (χ0v) is 16.0. The maximum Gasteiger partial charge on any atom is 0.224 e. The van der Waals surface area contributed by atoms with Gasteiger partial charge in [0.2, 0.25) is 11.7 Å². The number of anilines is 2. The molecule has 0 amide bonds. The number of methoxy groups -OCH3 is 3. The highest BCUT2D eigenvalue weighted by molar-refractivity contribution is 5.55. The van der Waals surface area contributed by atoms with Crippen LogP contribution in [0.1, 0.15) is 37.3 Å². The summed E-state index contributed by atoms with van der Waals surface area (Å²) in [5, 5.41) is 3.20. The topological polar surface area (TPSA) is 91.5 Å². The van der Waals surface area contributed by atoms with Crippen LogP contribution in [0.4, 0.5) is 11.8 Å². The number of nitrogen functional groups attached to an aromatic ring is 1. The van der Waals surface area contributed by atoms with Gasteiger partial charge < -0.3 is 25.3 Å². The number of hydrogen-bond donors (Lipinski definition) is 2. The predicted octanol–water partition coefficient (Wildman–Crippen LogP) is 3.28. The molecule has 7 heteroatoms. The molecular formula is C19H28N4O3. The average Bonchev–Trinajstić information content (AvgIpc) is 2.66. The third kappa shape index (κ3) is 4.91. The van der Waals surface area contributed by atoms with Crippen LogP contribution in [0.25, 0.3) is 0 Å². The summed E-state index contributed by atoms with van der Waals surface area (Å²) in [5.41, 5.74) is 7.94. The molecule has 0 saturated carbocycles. The Balaban J connectivity index is 2.15. The van der Waals surface area contributed by atoms with Gasteiger partial charge in [-0.25, -0.2) is 4.98 Å². The van der Waals surface area contributed by atoms with Gasteiger partial charge >= 0.3 is 0 Å². The summed E-state index contributed by atoms with van der Waals surface area (Å²) in [5.74, 6) is 2.81. The molecule has 26 heavy (non-hydrogen) atoms. The number of hydrogen-bond acceptors (Lipinski definition) is 7. The number of nitrogens with zero attached hydrogens (tertiary/aromatic N) is 2. The highest BCUT2D eigenvalue weighted by atomic mass is 16.5. The first-order valence-corrected chi connectivity index (χ1v) is 8.77. The van der Waals surface area contributed by atoms with E-state index in [1.54, 1.807) is 27.5 Å². The largest absolute Gasteiger partial charge is 0.493 e.